The number of H-pyrrole nitrogens is 1. The molecule has 8 nitrogen and oxygen atoms in total. The first-order valence-corrected chi connectivity index (χ1v) is 10.0. The molecule has 1 aliphatic heterocycles. The lowest BCUT2D eigenvalue weighted by atomic mass is 10.0. The van der Waals surface area contributed by atoms with Gasteiger partial charge in [0.1, 0.15) is 0 Å². The molecule has 1 unspecified atom stereocenters. The Hall–Kier alpha value is -2.74. The Bertz CT molecular complexity index is 913. The van der Waals surface area contributed by atoms with E-state index in [1.165, 1.54) is 0 Å². The maximum Gasteiger partial charge on any atom is 0.317 e. The molecule has 156 valence electrons. The molecule has 1 aromatic carbocycles. The van der Waals surface area contributed by atoms with Gasteiger partial charge in [-0.15, -0.1) is 0 Å². The van der Waals surface area contributed by atoms with E-state index in [4.69, 9.17) is 17.3 Å². The second-order valence-corrected chi connectivity index (χ2v) is 7.83. The number of amides is 4. The summed E-state index contributed by atoms with van der Waals surface area (Å²) in [6.45, 7) is 1.47. The van der Waals surface area contributed by atoms with Gasteiger partial charge in [0.25, 0.3) is 0 Å². The number of nitrogens with zero attached hydrogens (tertiary/aromatic N) is 2. The van der Waals surface area contributed by atoms with Gasteiger partial charge in [-0.05, 0) is 37.1 Å². The molecular weight excluding hydrogens is 394 g/mol. The Labute approximate surface area is 174 Å². The van der Waals surface area contributed by atoms with Gasteiger partial charge in [-0.3, -0.25) is 9.59 Å². The number of aromatic nitrogens is 1. The number of halogens is 1. The maximum absolute atomic E-state index is 12.6. The molecule has 1 atom stereocenters. The molecule has 1 saturated heterocycles. The van der Waals surface area contributed by atoms with Crippen molar-refractivity contribution in [1.29, 1.82) is 0 Å². The van der Waals surface area contributed by atoms with Crippen LogP contribution >= 0.6 is 11.6 Å². The summed E-state index contributed by atoms with van der Waals surface area (Å²) < 4.78 is 0. The number of benzene rings is 1. The van der Waals surface area contributed by atoms with Crippen LogP contribution < -0.4 is 11.1 Å². The predicted molar refractivity (Wildman–Crippen MR) is 111 cm³/mol. The van der Waals surface area contributed by atoms with E-state index in [2.05, 4.69) is 10.3 Å². The molecule has 4 N–H and O–H groups in total. The molecule has 2 aromatic rings. The Morgan fingerprint density at radius 1 is 1.31 bits per heavy atom. The summed E-state index contributed by atoms with van der Waals surface area (Å²) in [5.41, 5.74) is 6.97. The lowest BCUT2D eigenvalue weighted by Crippen LogP contribution is -2.52. The van der Waals surface area contributed by atoms with Gasteiger partial charge < -0.3 is 25.8 Å². The molecule has 4 amide bonds. The molecule has 0 radical (unpaired) electrons. The summed E-state index contributed by atoms with van der Waals surface area (Å²) in [6.07, 6.45) is 1.80. The number of nitrogens with two attached hydrogens (primary N) is 1. The monoisotopic (exact) mass is 419 g/mol. The zero-order chi connectivity index (χ0) is 21.0. The number of primary amides is 1. The topological polar surface area (TPSA) is 112 Å². The van der Waals surface area contributed by atoms with Crippen LogP contribution in [0.25, 0.3) is 10.9 Å². The Morgan fingerprint density at radius 2 is 2.10 bits per heavy atom. The van der Waals surface area contributed by atoms with E-state index in [1.807, 2.05) is 24.3 Å². The van der Waals surface area contributed by atoms with Gasteiger partial charge in [-0.2, -0.15) is 0 Å². The number of carbonyl (C=O) groups is 3. The van der Waals surface area contributed by atoms with E-state index in [9.17, 15) is 14.4 Å². The van der Waals surface area contributed by atoms with Crippen molar-refractivity contribution in [2.75, 3.05) is 20.1 Å². The molecule has 0 bridgehead atoms. The molecular formula is C20H26ClN5O3. The predicted octanol–water partition coefficient (Wildman–Crippen LogP) is 2.22. The molecule has 1 aliphatic rings. The van der Waals surface area contributed by atoms with Crippen molar-refractivity contribution >= 4 is 40.3 Å². The van der Waals surface area contributed by atoms with E-state index < -0.39 is 5.91 Å². The number of piperidine rings is 1. The van der Waals surface area contributed by atoms with E-state index in [1.54, 1.807) is 16.8 Å². The SMILES string of the molecule is CN(C(=O)NCc1cc2cc(Cl)ccc2[nH]1)C1CCCN(C(=O)CCC(N)=O)C1. The van der Waals surface area contributed by atoms with Crippen LogP contribution in [0.2, 0.25) is 5.02 Å². The Morgan fingerprint density at radius 3 is 2.86 bits per heavy atom. The van der Waals surface area contributed by atoms with Crippen molar-refractivity contribution in [2.45, 2.75) is 38.3 Å². The third-order valence-corrected chi connectivity index (χ3v) is 5.51. The third kappa shape index (κ3) is 5.41. The van der Waals surface area contributed by atoms with Crippen LogP contribution in [0.3, 0.4) is 0 Å². The highest BCUT2D eigenvalue weighted by Crippen LogP contribution is 2.20. The van der Waals surface area contributed by atoms with E-state index in [-0.39, 0.29) is 30.8 Å². The molecule has 3 rings (SSSR count). The van der Waals surface area contributed by atoms with Crippen molar-refractivity contribution in [2.24, 2.45) is 5.73 Å². The summed E-state index contributed by atoms with van der Waals surface area (Å²) in [5.74, 6) is -0.582. The highest BCUT2D eigenvalue weighted by molar-refractivity contribution is 6.31. The van der Waals surface area contributed by atoms with Crippen molar-refractivity contribution in [1.82, 2.24) is 20.1 Å². The van der Waals surface area contributed by atoms with Crippen LogP contribution in [-0.2, 0) is 16.1 Å². The van der Waals surface area contributed by atoms with Gasteiger partial charge in [0.2, 0.25) is 11.8 Å². The molecule has 0 aliphatic carbocycles. The number of nitrogens with one attached hydrogen (secondary N) is 2. The molecule has 1 fully saturated rings. The second kappa shape index (κ2) is 9.17. The number of rotatable bonds is 6. The first-order valence-electron chi connectivity index (χ1n) is 9.67. The third-order valence-electron chi connectivity index (χ3n) is 5.27. The first kappa shape index (κ1) is 21.0. The molecule has 0 spiro atoms. The lowest BCUT2D eigenvalue weighted by molar-refractivity contribution is -0.134. The van der Waals surface area contributed by atoms with Crippen LogP contribution in [-0.4, -0.2) is 58.8 Å². The molecule has 29 heavy (non-hydrogen) atoms. The summed E-state index contributed by atoms with van der Waals surface area (Å²) in [7, 11) is 1.74. The van der Waals surface area contributed by atoms with Gasteiger partial charge in [-0.1, -0.05) is 11.6 Å². The fraction of sp³-hybridized carbons (Fsp3) is 0.450. The zero-order valence-corrected chi connectivity index (χ0v) is 17.2. The van der Waals surface area contributed by atoms with Crippen LogP contribution in [0.4, 0.5) is 4.79 Å². The molecule has 2 heterocycles. The minimum atomic E-state index is -0.484. The summed E-state index contributed by atoms with van der Waals surface area (Å²) in [4.78, 5) is 42.3. The number of likely N-dealkylation sites (N-methyl/N-ethyl adjacent to an activating group) is 1. The van der Waals surface area contributed by atoms with Crippen LogP contribution in [0.1, 0.15) is 31.4 Å². The van der Waals surface area contributed by atoms with Gasteiger partial charge in [0, 0.05) is 54.6 Å². The number of aromatic amines is 1. The number of hydrogen-bond acceptors (Lipinski definition) is 3. The van der Waals surface area contributed by atoms with Gasteiger partial charge in [0.05, 0.1) is 12.6 Å². The quantitative estimate of drug-likeness (QED) is 0.667. The Kier molecular flexibility index (Phi) is 6.64. The average molecular weight is 420 g/mol. The second-order valence-electron chi connectivity index (χ2n) is 7.40. The van der Waals surface area contributed by atoms with E-state index >= 15 is 0 Å². The number of fused-ring (bicyclic) bond motifs is 1. The van der Waals surface area contributed by atoms with Crippen molar-refractivity contribution in [3.63, 3.8) is 0 Å². The number of likely N-dealkylation sites (tertiary alicyclic amines) is 1. The molecule has 9 heteroatoms. The smallest absolute Gasteiger partial charge is 0.317 e. The van der Waals surface area contributed by atoms with Gasteiger partial charge >= 0.3 is 6.03 Å². The summed E-state index contributed by atoms with van der Waals surface area (Å²) in [6, 6.07) is 7.29. The normalized spacial score (nSPS) is 16.6. The van der Waals surface area contributed by atoms with Crippen LogP contribution in [0.15, 0.2) is 24.3 Å². The Balaban J connectivity index is 1.53. The number of hydrogen-bond donors (Lipinski definition) is 3. The largest absolute Gasteiger partial charge is 0.370 e. The summed E-state index contributed by atoms with van der Waals surface area (Å²) in [5, 5.41) is 4.57. The number of urea groups is 1. The minimum Gasteiger partial charge on any atom is -0.370 e. The van der Waals surface area contributed by atoms with E-state index in [0.717, 1.165) is 29.4 Å². The van der Waals surface area contributed by atoms with Crippen molar-refractivity contribution in [3.8, 4) is 0 Å². The van der Waals surface area contributed by atoms with Crippen molar-refractivity contribution < 1.29 is 14.4 Å². The fourth-order valence-electron chi connectivity index (χ4n) is 3.61. The first-order chi connectivity index (χ1) is 13.8. The summed E-state index contributed by atoms with van der Waals surface area (Å²) >= 11 is 6.01. The average Bonchev–Trinajstić information content (AvgIpc) is 3.11. The van der Waals surface area contributed by atoms with E-state index in [0.29, 0.717) is 24.7 Å². The zero-order valence-electron chi connectivity index (χ0n) is 16.4. The lowest BCUT2D eigenvalue weighted by Gasteiger charge is -2.37. The number of carbonyl (C=O) groups excluding carboxylic acids is 3. The van der Waals surface area contributed by atoms with Gasteiger partial charge in [-0.25, -0.2) is 4.79 Å². The molecule has 1 aromatic heterocycles. The van der Waals surface area contributed by atoms with Gasteiger partial charge in [0.15, 0.2) is 0 Å². The minimum absolute atomic E-state index is 0.0477. The van der Waals surface area contributed by atoms with Crippen molar-refractivity contribution in [3.05, 3.63) is 35.0 Å². The maximum atomic E-state index is 12.6. The van der Waals surface area contributed by atoms with Crippen LogP contribution in [0.5, 0.6) is 0 Å². The van der Waals surface area contributed by atoms with Crippen LogP contribution in [0, 0.1) is 0 Å². The highest BCUT2D eigenvalue weighted by atomic mass is 35.5. The fourth-order valence-corrected chi connectivity index (χ4v) is 3.79. The molecule has 0 saturated carbocycles. The standard InChI is InChI=1S/C20H26ClN5O3/c1-25(16-3-2-8-26(12-16)19(28)7-6-18(22)27)20(29)23-11-15-10-13-9-14(21)4-5-17(13)24-15/h4-5,9-10,16,24H,2-3,6-8,11-12H2,1H3,(H2,22,27)(H,23,29). The highest BCUT2D eigenvalue weighted by Gasteiger charge is 2.28.